The molecule has 0 amide bonds. The van der Waals surface area contributed by atoms with Crippen molar-refractivity contribution in [2.24, 2.45) is 0 Å². The number of fused-ring (bicyclic) bond motifs is 1. The van der Waals surface area contributed by atoms with Crippen molar-refractivity contribution < 1.29 is 28.8 Å². The van der Waals surface area contributed by atoms with Gasteiger partial charge in [-0.05, 0) is 13.8 Å². The van der Waals surface area contributed by atoms with E-state index in [4.69, 9.17) is 18.9 Å². The molecule has 0 aromatic heterocycles. The average molecular weight is 232 g/mol. The van der Waals surface area contributed by atoms with Crippen LogP contribution in [0.1, 0.15) is 20.8 Å². The Morgan fingerprint density at radius 2 is 2.12 bits per heavy atom. The first kappa shape index (κ1) is 11.8. The molecule has 2 heterocycles. The Bertz CT molecular complexity index is 289. The fourth-order valence-corrected chi connectivity index (χ4v) is 1.90. The number of aliphatic hydroxyl groups is 1. The Morgan fingerprint density at radius 1 is 1.44 bits per heavy atom. The van der Waals surface area contributed by atoms with Crippen LogP contribution in [0.15, 0.2) is 0 Å². The number of carbonyl (C=O) groups is 1. The molecule has 0 radical (unpaired) electrons. The summed E-state index contributed by atoms with van der Waals surface area (Å²) in [6.45, 7) is 4.82. The van der Waals surface area contributed by atoms with Crippen molar-refractivity contribution >= 4 is 5.97 Å². The lowest BCUT2D eigenvalue weighted by molar-refractivity contribution is -0.220. The minimum atomic E-state index is -0.842. The highest BCUT2D eigenvalue weighted by Crippen LogP contribution is 2.37. The molecule has 16 heavy (non-hydrogen) atoms. The van der Waals surface area contributed by atoms with E-state index in [1.54, 1.807) is 13.8 Å². The maximum absolute atomic E-state index is 10.6. The molecule has 1 N–H and O–H groups in total. The zero-order valence-corrected chi connectivity index (χ0v) is 9.50. The molecule has 2 fully saturated rings. The highest BCUT2D eigenvalue weighted by atomic mass is 16.8. The summed E-state index contributed by atoms with van der Waals surface area (Å²) in [5, 5.41) is 9.88. The first-order valence-electron chi connectivity index (χ1n) is 5.21. The molecule has 6 heteroatoms. The number of ether oxygens (including phenoxy) is 4. The van der Waals surface area contributed by atoms with Gasteiger partial charge < -0.3 is 24.1 Å². The zero-order chi connectivity index (χ0) is 11.9. The third-order valence-electron chi connectivity index (χ3n) is 2.57. The van der Waals surface area contributed by atoms with Crippen LogP contribution in [0.3, 0.4) is 0 Å². The van der Waals surface area contributed by atoms with E-state index in [9.17, 15) is 9.90 Å². The van der Waals surface area contributed by atoms with Crippen LogP contribution in [0, 0.1) is 0 Å². The van der Waals surface area contributed by atoms with Crippen molar-refractivity contribution in [2.75, 3.05) is 6.61 Å². The van der Waals surface area contributed by atoms with E-state index in [0.717, 1.165) is 0 Å². The Kier molecular flexibility index (Phi) is 2.91. The number of aliphatic hydroxyl groups excluding tert-OH is 1. The lowest BCUT2D eigenvalue weighted by atomic mass is 10.1. The summed E-state index contributed by atoms with van der Waals surface area (Å²) in [5.41, 5.74) is 0. The van der Waals surface area contributed by atoms with Crippen LogP contribution in [0.4, 0.5) is 0 Å². The van der Waals surface area contributed by atoms with Crippen molar-refractivity contribution in [1.82, 2.24) is 0 Å². The van der Waals surface area contributed by atoms with Crippen molar-refractivity contribution in [3.05, 3.63) is 0 Å². The largest absolute Gasteiger partial charge is 0.463 e. The molecular weight excluding hydrogens is 216 g/mol. The SMILES string of the molecule is CC(=O)OC[C@@H]1O[C@H]2OC(C)(C)O[C@@H]2[C@H]1O. The molecule has 2 rings (SSSR count). The van der Waals surface area contributed by atoms with Crippen LogP contribution in [0.25, 0.3) is 0 Å². The molecule has 92 valence electrons. The monoisotopic (exact) mass is 232 g/mol. The quantitative estimate of drug-likeness (QED) is 0.664. The van der Waals surface area contributed by atoms with Gasteiger partial charge in [0.15, 0.2) is 12.1 Å². The Hall–Kier alpha value is -0.690. The van der Waals surface area contributed by atoms with Gasteiger partial charge in [0.25, 0.3) is 0 Å². The number of hydrogen-bond acceptors (Lipinski definition) is 6. The van der Waals surface area contributed by atoms with E-state index in [1.807, 2.05) is 0 Å². The van der Waals surface area contributed by atoms with Gasteiger partial charge in [0.2, 0.25) is 0 Å². The van der Waals surface area contributed by atoms with Gasteiger partial charge in [0, 0.05) is 6.92 Å². The minimum absolute atomic E-state index is 0.0106. The first-order chi connectivity index (χ1) is 7.39. The van der Waals surface area contributed by atoms with Crippen LogP contribution in [-0.2, 0) is 23.7 Å². The van der Waals surface area contributed by atoms with Crippen LogP contribution >= 0.6 is 0 Å². The van der Waals surface area contributed by atoms with Crippen LogP contribution < -0.4 is 0 Å². The molecule has 0 bridgehead atoms. The lowest BCUT2D eigenvalue weighted by Gasteiger charge is -2.22. The predicted octanol–water partition coefficient (Wildman–Crippen LogP) is -0.213. The molecule has 0 aromatic carbocycles. The second-order valence-corrected chi connectivity index (χ2v) is 4.44. The number of esters is 1. The molecule has 2 aliphatic rings. The predicted molar refractivity (Wildman–Crippen MR) is 51.3 cm³/mol. The Balaban J connectivity index is 1.92. The van der Waals surface area contributed by atoms with E-state index in [-0.39, 0.29) is 6.61 Å². The summed E-state index contributed by atoms with van der Waals surface area (Å²) < 4.78 is 21.1. The number of rotatable bonds is 2. The molecule has 2 saturated heterocycles. The van der Waals surface area contributed by atoms with Crippen molar-refractivity contribution in [2.45, 2.75) is 51.2 Å². The first-order valence-corrected chi connectivity index (χ1v) is 5.21. The van der Waals surface area contributed by atoms with Gasteiger partial charge in [-0.1, -0.05) is 0 Å². The highest BCUT2D eigenvalue weighted by molar-refractivity contribution is 5.65. The molecule has 0 unspecified atom stereocenters. The third-order valence-corrected chi connectivity index (χ3v) is 2.57. The summed E-state index contributed by atoms with van der Waals surface area (Å²) in [6.07, 6.45) is -2.54. The van der Waals surface area contributed by atoms with Gasteiger partial charge in [-0.15, -0.1) is 0 Å². The lowest BCUT2D eigenvalue weighted by Crippen LogP contribution is -2.36. The Morgan fingerprint density at radius 3 is 2.69 bits per heavy atom. The fourth-order valence-electron chi connectivity index (χ4n) is 1.90. The molecule has 6 nitrogen and oxygen atoms in total. The molecule has 0 spiro atoms. The fraction of sp³-hybridized carbons (Fsp3) is 0.900. The number of hydrogen-bond donors (Lipinski definition) is 1. The standard InChI is InChI=1S/C10H16O6/c1-5(11)13-4-6-7(12)8-9(14-6)16-10(2,3)15-8/h6-9,12H,4H2,1-3H3/t6-,7-,8+,9-/m0/s1. The maximum Gasteiger partial charge on any atom is 0.302 e. The normalized spacial score (nSPS) is 40.8. The molecule has 2 aliphatic heterocycles. The topological polar surface area (TPSA) is 74.2 Å². The van der Waals surface area contributed by atoms with Gasteiger partial charge in [-0.2, -0.15) is 0 Å². The van der Waals surface area contributed by atoms with Crippen LogP contribution in [0.5, 0.6) is 0 Å². The Labute approximate surface area is 93.4 Å². The molecule has 4 atom stereocenters. The number of carbonyl (C=O) groups excluding carboxylic acids is 1. The molecule has 0 aliphatic carbocycles. The summed E-state index contributed by atoms with van der Waals surface area (Å²) in [7, 11) is 0. The van der Waals surface area contributed by atoms with E-state index < -0.39 is 36.4 Å². The van der Waals surface area contributed by atoms with E-state index in [2.05, 4.69) is 0 Å². The zero-order valence-electron chi connectivity index (χ0n) is 9.50. The summed E-state index contributed by atoms with van der Waals surface area (Å²) in [6, 6.07) is 0. The second-order valence-electron chi connectivity index (χ2n) is 4.44. The van der Waals surface area contributed by atoms with Crippen molar-refractivity contribution in [1.29, 1.82) is 0 Å². The highest BCUT2D eigenvalue weighted by Gasteiger charge is 2.54. The van der Waals surface area contributed by atoms with Crippen LogP contribution in [-0.4, -0.2) is 48.1 Å². The van der Waals surface area contributed by atoms with Crippen molar-refractivity contribution in [3.8, 4) is 0 Å². The third kappa shape index (κ3) is 2.20. The van der Waals surface area contributed by atoms with E-state index in [1.165, 1.54) is 6.92 Å². The van der Waals surface area contributed by atoms with Gasteiger partial charge >= 0.3 is 5.97 Å². The maximum atomic E-state index is 10.6. The average Bonchev–Trinajstić information content (AvgIpc) is 2.58. The summed E-state index contributed by atoms with van der Waals surface area (Å²) in [5.74, 6) is -1.15. The van der Waals surface area contributed by atoms with Crippen LogP contribution in [0.2, 0.25) is 0 Å². The van der Waals surface area contributed by atoms with Gasteiger partial charge in [0.1, 0.15) is 24.9 Å². The van der Waals surface area contributed by atoms with Gasteiger partial charge in [-0.3, -0.25) is 4.79 Å². The molecule has 0 aromatic rings. The minimum Gasteiger partial charge on any atom is -0.463 e. The van der Waals surface area contributed by atoms with Gasteiger partial charge in [0.05, 0.1) is 0 Å². The van der Waals surface area contributed by atoms with E-state index in [0.29, 0.717) is 0 Å². The summed E-state index contributed by atoms with van der Waals surface area (Å²) >= 11 is 0. The second kappa shape index (κ2) is 3.96. The molecule has 0 saturated carbocycles. The summed E-state index contributed by atoms with van der Waals surface area (Å²) in [4.78, 5) is 10.6. The van der Waals surface area contributed by atoms with E-state index >= 15 is 0 Å². The van der Waals surface area contributed by atoms with Crippen molar-refractivity contribution in [3.63, 3.8) is 0 Å². The van der Waals surface area contributed by atoms with Gasteiger partial charge in [-0.25, -0.2) is 0 Å². The molecular formula is C10H16O6. The smallest absolute Gasteiger partial charge is 0.302 e.